The number of carbonyl (C=O) groups excluding carboxylic acids is 1. The molecule has 33 heavy (non-hydrogen) atoms. The fraction of sp³-hybridized carbons (Fsp3) is 0.185. The van der Waals surface area contributed by atoms with Crippen LogP contribution in [0, 0.1) is 0 Å². The highest BCUT2D eigenvalue weighted by atomic mass is 35.5. The minimum absolute atomic E-state index is 0.0793. The van der Waals surface area contributed by atoms with Gasteiger partial charge >= 0.3 is 0 Å². The number of unbranched alkanes of at least 4 members (excludes halogenated alkanes) is 1. The summed E-state index contributed by atoms with van der Waals surface area (Å²) in [4.78, 5) is 18.1. The van der Waals surface area contributed by atoms with Gasteiger partial charge in [-0.1, -0.05) is 42.6 Å². The molecule has 0 aliphatic carbocycles. The van der Waals surface area contributed by atoms with Gasteiger partial charge in [-0.2, -0.15) is 0 Å². The van der Waals surface area contributed by atoms with Crippen molar-refractivity contribution >= 4 is 51.9 Å². The average molecular weight is 480 g/mol. The van der Waals surface area contributed by atoms with Crippen LogP contribution in [0.15, 0.2) is 70.1 Å². The predicted molar refractivity (Wildman–Crippen MR) is 135 cm³/mol. The maximum atomic E-state index is 13.5. The number of hydrogen-bond acceptors (Lipinski definition) is 4. The first kappa shape index (κ1) is 23.1. The molecule has 4 aromatic rings. The molecule has 6 heteroatoms. The van der Waals surface area contributed by atoms with Crippen molar-refractivity contribution in [3.63, 3.8) is 0 Å². The van der Waals surface area contributed by atoms with E-state index in [-0.39, 0.29) is 5.78 Å². The van der Waals surface area contributed by atoms with E-state index in [9.17, 15) is 4.79 Å². The summed E-state index contributed by atoms with van der Waals surface area (Å²) in [7, 11) is 1.60. The first-order chi connectivity index (χ1) is 16.0. The molecule has 168 valence electrons. The van der Waals surface area contributed by atoms with Crippen LogP contribution in [-0.4, -0.2) is 19.1 Å². The Morgan fingerprint density at radius 3 is 2.55 bits per heavy atom. The van der Waals surface area contributed by atoms with Crippen molar-refractivity contribution in [1.29, 1.82) is 0 Å². The number of ether oxygens (including phenoxy) is 1. The number of aliphatic imine (C=N–C) groups is 1. The van der Waals surface area contributed by atoms with Gasteiger partial charge in [0.15, 0.2) is 5.78 Å². The second-order valence-electron chi connectivity index (χ2n) is 7.67. The van der Waals surface area contributed by atoms with E-state index in [0.717, 1.165) is 23.8 Å². The lowest BCUT2D eigenvalue weighted by molar-refractivity contribution is 0.103. The number of ketones is 1. The number of furan rings is 1. The summed E-state index contributed by atoms with van der Waals surface area (Å²) < 4.78 is 11.3. The zero-order valence-corrected chi connectivity index (χ0v) is 19.9. The maximum absolute atomic E-state index is 13.5. The molecule has 3 aromatic carbocycles. The van der Waals surface area contributed by atoms with Crippen LogP contribution in [0.5, 0.6) is 5.75 Å². The van der Waals surface area contributed by atoms with Crippen LogP contribution in [0.3, 0.4) is 0 Å². The van der Waals surface area contributed by atoms with Gasteiger partial charge in [-0.3, -0.25) is 9.79 Å². The number of aryl methyl sites for hydroxylation is 1. The average Bonchev–Trinajstić information content (AvgIpc) is 3.19. The van der Waals surface area contributed by atoms with Gasteiger partial charge in [-0.25, -0.2) is 0 Å². The molecule has 0 saturated heterocycles. The van der Waals surface area contributed by atoms with Crippen molar-refractivity contribution in [1.82, 2.24) is 0 Å². The molecule has 1 heterocycles. The normalized spacial score (nSPS) is 11.4. The van der Waals surface area contributed by atoms with Crippen LogP contribution in [-0.2, 0) is 6.42 Å². The highest BCUT2D eigenvalue weighted by Gasteiger charge is 2.22. The summed E-state index contributed by atoms with van der Waals surface area (Å²) in [5, 5.41) is 1.84. The van der Waals surface area contributed by atoms with E-state index in [1.807, 2.05) is 24.3 Å². The molecule has 0 saturated carbocycles. The molecule has 1 aromatic heterocycles. The topological polar surface area (TPSA) is 51.8 Å². The molecule has 0 fully saturated rings. The summed E-state index contributed by atoms with van der Waals surface area (Å²) in [6, 6.07) is 18.0. The van der Waals surface area contributed by atoms with Gasteiger partial charge in [0.1, 0.15) is 17.1 Å². The van der Waals surface area contributed by atoms with Gasteiger partial charge in [0.2, 0.25) is 0 Å². The third kappa shape index (κ3) is 5.13. The Balaban J connectivity index is 1.75. The van der Waals surface area contributed by atoms with Gasteiger partial charge in [-0.05, 0) is 61.0 Å². The van der Waals surface area contributed by atoms with Crippen LogP contribution in [0.2, 0.25) is 10.0 Å². The number of rotatable bonds is 8. The fourth-order valence-corrected chi connectivity index (χ4v) is 4.07. The maximum Gasteiger partial charge on any atom is 0.197 e. The number of methoxy groups -OCH3 is 1. The fourth-order valence-electron chi connectivity index (χ4n) is 3.62. The Labute approximate surface area is 202 Å². The lowest BCUT2D eigenvalue weighted by Crippen LogP contribution is -2.04. The quantitative estimate of drug-likeness (QED) is 0.189. The second-order valence-corrected chi connectivity index (χ2v) is 8.51. The first-order valence-electron chi connectivity index (χ1n) is 10.7. The van der Waals surface area contributed by atoms with Crippen molar-refractivity contribution in [3.05, 3.63) is 93.2 Å². The molecule has 0 radical (unpaired) electrons. The zero-order valence-electron chi connectivity index (χ0n) is 18.4. The van der Waals surface area contributed by atoms with Gasteiger partial charge in [0.25, 0.3) is 0 Å². The SMILES string of the molecule is CCCCc1oc2ccc(N=Cc3ccc(Cl)cc3Cl)cc2c1C(=O)c1ccc(OC)cc1. The minimum Gasteiger partial charge on any atom is -0.497 e. The molecule has 0 unspecified atom stereocenters. The molecule has 4 rings (SSSR count). The van der Waals surface area contributed by atoms with Crippen molar-refractivity contribution < 1.29 is 13.9 Å². The highest BCUT2D eigenvalue weighted by molar-refractivity contribution is 6.36. The zero-order chi connectivity index (χ0) is 23.4. The Hall–Kier alpha value is -3.08. The lowest BCUT2D eigenvalue weighted by Gasteiger charge is -2.05. The molecular weight excluding hydrogens is 457 g/mol. The Morgan fingerprint density at radius 1 is 1.06 bits per heavy atom. The van der Waals surface area contributed by atoms with Crippen molar-refractivity contribution in [2.24, 2.45) is 4.99 Å². The summed E-state index contributed by atoms with van der Waals surface area (Å²) in [5.41, 5.74) is 3.29. The van der Waals surface area contributed by atoms with Crippen molar-refractivity contribution in [2.45, 2.75) is 26.2 Å². The number of fused-ring (bicyclic) bond motifs is 1. The van der Waals surface area contributed by atoms with E-state index in [1.165, 1.54) is 0 Å². The van der Waals surface area contributed by atoms with E-state index in [1.54, 1.807) is 49.7 Å². The Kier molecular flexibility index (Phi) is 7.17. The monoisotopic (exact) mass is 479 g/mol. The molecule has 0 atom stereocenters. The van der Waals surface area contributed by atoms with Crippen LogP contribution in [0.25, 0.3) is 11.0 Å². The number of halogens is 2. The molecule has 0 N–H and O–H groups in total. The van der Waals surface area contributed by atoms with E-state index in [0.29, 0.717) is 50.4 Å². The summed E-state index contributed by atoms with van der Waals surface area (Å²) >= 11 is 12.2. The number of nitrogens with zero attached hydrogens (tertiary/aromatic N) is 1. The third-order valence-electron chi connectivity index (χ3n) is 5.40. The van der Waals surface area contributed by atoms with Crippen LogP contribution >= 0.6 is 23.2 Å². The smallest absolute Gasteiger partial charge is 0.197 e. The lowest BCUT2D eigenvalue weighted by atomic mass is 9.98. The molecule has 0 aliphatic rings. The Bertz CT molecular complexity index is 1320. The third-order valence-corrected chi connectivity index (χ3v) is 5.96. The minimum atomic E-state index is -0.0793. The first-order valence-corrected chi connectivity index (χ1v) is 11.5. The number of benzene rings is 3. The molecule has 0 aliphatic heterocycles. The van der Waals surface area contributed by atoms with E-state index in [4.69, 9.17) is 32.4 Å². The van der Waals surface area contributed by atoms with Gasteiger partial charge in [0.05, 0.1) is 23.4 Å². The molecule has 0 amide bonds. The van der Waals surface area contributed by atoms with Crippen LogP contribution < -0.4 is 4.74 Å². The summed E-state index contributed by atoms with van der Waals surface area (Å²) in [5.74, 6) is 1.33. The van der Waals surface area contributed by atoms with Crippen LogP contribution in [0.1, 0.15) is 47.0 Å². The summed E-state index contributed by atoms with van der Waals surface area (Å²) in [6.45, 7) is 2.11. The standard InChI is InChI=1S/C27H23Cl2NO3/c1-3-4-5-25-26(27(31)17-7-11-21(32-2)12-8-17)22-15-20(10-13-24(22)33-25)30-16-18-6-9-19(28)14-23(18)29/h6-16H,3-5H2,1-2H3. The Morgan fingerprint density at radius 2 is 1.85 bits per heavy atom. The van der Waals surface area contributed by atoms with E-state index < -0.39 is 0 Å². The number of hydrogen-bond donors (Lipinski definition) is 0. The van der Waals surface area contributed by atoms with Gasteiger partial charge in [-0.15, -0.1) is 0 Å². The second kappa shape index (κ2) is 10.2. The van der Waals surface area contributed by atoms with E-state index in [2.05, 4.69) is 11.9 Å². The largest absolute Gasteiger partial charge is 0.497 e. The molecule has 4 nitrogen and oxygen atoms in total. The van der Waals surface area contributed by atoms with E-state index >= 15 is 0 Å². The predicted octanol–water partition coefficient (Wildman–Crippen LogP) is 8.07. The molecular formula is C27H23Cl2NO3. The summed E-state index contributed by atoms with van der Waals surface area (Å²) in [6.07, 6.45) is 4.32. The van der Waals surface area contributed by atoms with Crippen molar-refractivity contribution in [3.8, 4) is 5.75 Å². The number of carbonyl (C=O) groups is 1. The van der Waals surface area contributed by atoms with Crippen molar-refractivity contribution in [2.75, 3.05) is 7.11 Å². The molecule has 0 spiro atoms. The molecule has 0 bridgehead atoms. The highest BCUT2D eigenvalue weighted by Crippen LogP contribution is 2.33. The van der Waals surface area contributed by atoms with Gasteiger partial charge < -0.3 is 9.15 Å². The van der Waals surface area contributed by atoms with Crippen LogP contribution in [0.4, 0.5) is 5.69 Å². The van der Waals surface area contributed by atoms with Gasteiger partial charge in [0, 0.05) is 34.2 Å².